The molecule has 0 aromatic rings. The molecule has 42 heavy (non-hydrogen) atoms. The van der Waals surface area contributed by atoms with E-state index in [2.05, 4.69) is 31.6 Å². The van der Waals surface area contributed by atoms with Gasteiger partial charge < -0.3 is 31.6 Å². The van der Waals surface area contributed by atoms with Crippen LogP contribution in [0.5, 0.6) is 0 Å². The Balaban J connectivity index is 5.01. The maximum Gasteiger partial charge on any atom is 0.234 e. The van der Waals surface area contributed by atoms with Gasteiger partial charge in [-0.2, -0.15) is 0 Å². The van der Waals surface area contributed by atoms with Gasteiger partial charge in [0.1, 0.15) is 11.8 Å². The van der Waals surface area contributed by atoms with Crippen LogP contribution in [0.4, 0.5) is 0 Å². The highest BCUT2D eigenvalue weighted by Gasteiger charge is 2.25. The van der Waals surface area contributed by atoms with Gasteiger partial charge in [0.25, 0.3) is 0 Å². The Morgan fingerprint density at radius 2 is 1.12 bits per heavy atom. The summed E-state index contributed by atoms with van der Waals surface area (Å²) in [5, 5.41) is 15.3. The molecule has 6 amide bonds. The number of carbonyl (C=O) groups excluding carboxylic acids is 7. The number of hydrogen-bond donors (Lipinski definition) is 6. The first-order valence-electron chi connectivity index (χ1n) is 14.4. The van der Waals surface area contributed by atoms with Crippen LogP contribution in [0.1, 0.15) is 72.1 Å². The fourth-order valence-corrected chi connectivity index (χ4v) is 3.75. The molecule has 0 heterocycles. The predicted molar refractivity (Wildman–Crippen MR) is 166 cm³/mol. The number of hydrogen-bond acceptors (Lipinski definition) is 8. The molecule has 234 valence electrons. The first-order chi connectivity index (χ1) is 19.7. The molecular weight excluding hydrogens is 543 g/mol. The third-order valence-electron chi connectivity index (χ3n) is 6.34. The molecule has 0 radical (unpaired) electrons. The highest BCUT2D eigenvalue weighted by atomic mass is 16.2. The summed E-state index contributed by atoms with van der Waals surface area (Å²) >= 11 is 0. The van der Waals surface area contributed by atoms with Gasteiger partial charge in [0.15, 0.2) is 0 Å². The Morgan fingerprint density at radius 1 is 0.619 bits per heavy atom. The molecule has 0 aliphatic carbocycles. The molecule has 0 aromatic carbocycles. The van der Waals surface area contributed by atoms with Crippen molar-refractivity contribution in [3.63, 3.8) is 0 Å². The topological polar surface area (TPSA) is 195 Å². The minimum Gasteiger partial charge on any atom is -0.406 e. The average Bonchev–Trinajstić information content (AvgIpc) is 2.92. The summed E-state index contributed by atoms with van der Waals surface area (Å²) in [5.41, 5.74) is -0.370. The highest BCUT2D eigenvalue weighted by Crippen LogP contribution is 2.18. The molecular formula is C25H48B3N7O7. The zero-order valence-electron chi connectivity index (χ0n) is 26.1. The lowest BCUT2D eigenvalue weighted by Crippen LogP contribution is -2.52. The molecule has 0 unspecified atom stereocenters. The van der Waals surface area contributed by atoms with E-state index < -0.39 is 29.7 Å². The summed E-state index contributed by atoms with van der Waals surface area (Å²) in [4.78, 5) is 86.6. The number of unbranched alkanes of at least 4 members (excludes halogenated alkanes) is 3. The van der Waals surface area contributed by atoms with Gasteiger partial charge in [-0.25, -0.2) is 0 Å². The van der Waals surface area contributed by atoms with E-state index in [0.717, 1.165) is 12.8 Å². The molecule has 1 atom stereocenters. The van der Waals surface area contributed by atoms with E-state index in [1.807, 2.05) is 20.8 Å². The maximum atomic E-state index is 12.8. The highest BCUT2D eigenvalue weighted by molar-refractivity contribution is 6.17. The summed E-state index contributed by atoms with van der Waals surface area (Å²) in [6.45, 7) is 5.48. The van der Waals surface area contributed by atoms with Crippen molar-refractivity contribution < 1.29 is 33.6 Å². The Bertz CT molecular complexity index is 933. The van der Waals surface area contributed by atoms with E-state index in [1.54, 1.807) is 7.98 Å². The van der Waals surface area contributed by atoms with Crippen LogP contribution < -0.4 is 31.6 Å². The molecule has 0 aliphatic heterocycles. The van der Waals surface area contributed by atoms with E-state index in [-0.39, 0.29) is 49.1 Å². The predicted octanol–water partition coefficient (Wildman–Crippen LogP) is -4.27. The largest absolute Gasteiger partial charge is 0.406 e. The summed E-state index contributed by atoms with van der Waals surface area (Å²) in [5.74, 6) is -2.34. The molecule has 0 aromatic heterocycles. The van der Waals surface area contributed by atoms with Gasteiger partial charge in [0.05, 0.1) is 26.1 Å². The van der Waals surface area contributed by atoms with Crippen LogP contribution in [0.2, 0.25) is 0 Å². The third-order valence-corrected chi connectivity index (χ3v) is 6.34. The summed E-state index contributed by atoms with van der Waals surface area (Å²) in [7, 11) is 4.34. The molecule has 0 bridgehead atoms. The van der Waals surface area contributed by atoms with Crippen LogP contribution in [-0.4, -0.2) is 109 Å². The van der Waals surface area contributed by atoms with Crippen LogP contribution in [0, 0.1) is 5.41 Å². The standard InChI is InChI=1S/C25H48B3N7O7/c1-25(2,3)18(36)9-5-4-7-11-29-21(39)14-35(15-22(40)30-12-8-6-10-19(37)32-26)16-23(41)31-17(24(42)34-28)13-20(38)33-27/h17H,4-16,26-28H2,1-3H3,(H,29,39)(H,30,40)(H,31,41)(H,32,37)(H,33,38)(H,34,42)/t17-/m0/s1. The van der Waals surface area contributed by atoms with E-state index in [0.29, 0.717) is 45.2 Å². The van der Waals surface area contributed by atoms with Crippen molar-refractivity contribution in [3.8, 4) is 0 Å². The maximum absolute atomic E-state index is 12.8. The van der Waals surface area contributed by atoms with E-state index >= 15 is 0 Å². The first kappa shape index (κ1) is 38.6. The SMILES string of the molecule is BNC(=O)CCCCNC(=O)CN(CC(=O)NCCCCCC(=O)C(C)(C)C)CC(=O)N[C@@H](CC(=O)NB)C(=O)NB. The number of ketones is 1. The van der Waals surface area contributed by atoms with Crippen LogP contribution in [0.15, 0.2) is 0 Å². The molecule has 0 fully saturated rings. The molecule has 0 saturated carbocycles. The third kappa shape index (κ3) is 18.9. The molecule has 0 saturated heterocycles. The van der Waals surface area contributed by atoms with Crippen molar-refractivity contribution in [1.29, 1.82) is 0 Å². The Hall–Kier alpha value is -3.36. The van der Waals surface area contributed by atoms with Crippen molar-refractivity contribution in [3.05, 3.63) is 0 Å². The number of amides is 6. The van der Waals surface area contributed by atoms with Crippen LogP contribution in [0.25, 0.3) is 0 Å². The first-order valence-corrected chi connectivity index (χ1v) is 14.4. The van der Waals surface area contributed by atoms with Crippen molar-refractivity contribution >= 4 is 65.2 Å². The molecule has 0 rings (SSSR count). The quantitative estimate of drug-likeness (QED) is 0.0571. The Labute approximate surface area is 251 Å². The van der Waals surface area contributed by atoms with Gasteiger partial charge in [-0.1, -0.05) is 27.2 Å². The van der Waals surface area contributed by atoms with Crippen LogP contribution >= 0.6 is 0 Å². The zero-order valence-corrected chi connectivity index (χ0v) is 26.1. The van der Waals surface area contributed by atoms with Gasteiger partial charge in [0.2, 0.25) is 59.4 Å². The van der Waals surface area contributed by atoms with E-state index in [9.17, 15) is 33.6 Å². The lowest BCUT2D eigenvalue weighted by atomic mass is 9.88. The fraction of sp³-hybridized carbons (Fsp3) is 0.720. The number of nitrogens with one attached hydrogen (secondary N) is 6. The lowest BCUT2D eigenvalue weighted by Gasteiger charge is -2.23. The summed E-state index contributed by atoms with van der Waals surface area (Å²) in [6, 6.07) is -1.13. The number of carbonyl (C=O) groups is 7. The summed E-state index contributed by atoms with van der Waals surface area (Å²) in [6.07, 6.45) is 3.88. The monoisotopic (exact) mass is 591 g/mol. The second-order valence-electron chi connectivity index (χ2n) is 11.1. The van der Waals surface area contributed by atoms with Crippen molar-refractivity contribution in [1.82, 2.24) is 36.5 Å². The van der Waals surface area contributed by atoms with Gasteiger partial charge >= 0.3 is 0 Å². The van der Waals surface area contributed by atoms with Crippen LogP contribution in [-0.2, 0) is 33.6 Å². The second-order valence-corrected chi connectivity index (χ2v) is 11.1. The fourth-order valence-electron chi connectivity index (χ4n) is 3.75. The zero-order chi connectivity index (χ0) is 32.1. The summed E-state index contributed by atoms with van der Waals surface area (Å²) < 4.78 is 0. The van der Waals surface area contributed by atoms with Gasteiger partial charge in [0, 0.05) is 31.3 Å². The normalized spacial score (nSPS) is 11.6. The van der Waals surface area contributed by atoms with E-state index in [1.165, 1.54) is 20.9 Å². The second kappa shape index (κ2) is 21.4. The van der Waals surface area contributed by atoms with Crippen LogP contribution in [0.3, 0.4) is 0 Å². The molecule has 0 aliphatic rings. The number of nitrogens with zero attached hydrogens (tertiary/aromatic N) is 1. The van der Waals surface area contributed by atoms with Crippen molar-refractivity contribution in [2.45, 2.75) is 78.2 Å². The van der Waals surface area contributed by atoms with Crippen molar-refractivity contribution in [2.75, 3.05) is 32.7 Å². The number of Topliss-reactive ketones (excluding diaryl/α,β-unsaturated/α-hetero) is 1. The Morgan fingerprint density at radius 3 is 1.62 bits per heavy atom. The smallest absolute Gasteiger partial charge is 0.234 e. The van der Waals surface area contributed by atoms with Gasteiger partial charge in [-0.3, -0.25) is 38.5 Å². The average molecular weight is 591 g/mol. The van der Waals surface area contributed by atoms with E-state index in [4.69, 9.17) is 0 Å². The molecule has 17 heteroatoms. The molecule has 6 N–H and O–H groups in total. The Kier molecular flexibility index (Phi) is 19.7. The number of rotatable bonds is 21. The minimum atomic E-state index is -1.13. The lowest BCUT2D eigenvalue weighted by molar-refractivity contribution is -0.132. The van der Waals surface area contributed by atoms with Gasteiger partial charge in [-0.05, 0) is 25.7 Å². The van der Waals surface area contributed by atoms with Crippen molar-refractivity contribution in [2.24, 2.45) is 5.41 Å². The molecule has 0 spiro atoms. The van der Waals surface area contributed by atoms with Gasteiger partial charge in [-0.15, -0.1) is 0 Å². The minimum absolute atomic E-state index is 0.0885. The molecule has 14 nitrogen and oxygen atoms in total.